The van der Waals surface area contributed by atoms with Crippen molar-refractivity contribution in [3.63, 3.8) is 0 Å². The van der Waals surface area contributed by atoms with Crippen LogP contribution in [0.25, 0.3) is 0 Å². The summed E-state index contributed by atoms with van der Waals surface area (Å²) in [7, 11) is -1.99. The molecule has 0 fully saturated rings. The van der Waals surface area contributed by atoms with Gasteiger partial charge in [-0.3, -0.25) is 9.10 Å². The van der Waals surface area contributed by atoms with E-state index in [1.807, 2.05) is 0 Å². The highest BCUT2D eigenvalue weighted by atomic mass is 35.5. The Morgan fingerprint density at radius 3 is 2.46 bits per heavy atom. The van der Waals surface area contributed by atoms with Crippen LogP contribution in [0.3, 0.4) is 0 Å². The first-order valence-corrected chi connectivity index (χ1v) is 9.29. The molecule has 0 aromatic heterocycles. The Bertz CT molecular complexity index is 936. The van der Waals surface area contributed by atoms with Crippen LogP contribution in [-0.2, 0) is 19.6 Å². The van der Waals surface area contributed by atoms with Gasteiger partial charge in [0, 0.05) is 0 Å². The highest BCUT2D eigenvalue weighted by molar-refractivity contribution is 7.92. The van der Waals surface area contributed by atoms with Crippen LogP contribution in [-0.4, -0.2) is 35.2 Å². The molecule has 0 radical (unpaired) electrons. The third-order valence-electron chi connectivity index (χ3n) is 3.41. The Hall–Kier alpha value is -2.03. The Balaban J connectivity index is 2.62. The molecule has 0 aliphatic rings. The van der Waals surface area contributed by atoms with Crippen molar-refractivity contribution in [2.24, 2.45) is 0 Å². The molecule has 0 spiro atoms. The van der Waals surface area contributed by atoms with Crippen molar-refractivity contribution in [3.05, 3.63) is 52.3 Å². The first-order chi connectivity index (χ1) is 12.2. The van der Waals surface area contributed by atoms with Crippen molar-refractivity contribution in [2.45, 2.75) is 4.90 Å². The first-order valence-electron chi connectivity index (χ1n) is 7.09. The van der Waals surface area contributed by atoms with Crippen LogP contribution >= 0.6 is 23.2 Å². The van der Waals surface area contributed by atoms with Crippen molar-refractivity contribution in [1.82, 2.24) is 0 Å². The van der Waals surface area contributed by atoms with Crippen LogP contribution in [0, 0.1) is 5.82 Å². The number of sulfonamides is 1. The lowest BCUT2D eigenvalue weighted by Gasteiger charge is -2.24. The second kappa shape index (κ2) is 8.11. The smallest absolute Gasteiger partial charge is 0.326 e. The lowest BCUT2D eigenvalue weighted by atomic mass is 10.3. The number of benzene rings is 2. The van der Waals surface area contributed by atoms with E-state index in [1.54, 1.807) is 0 Å². The summed E-state index contributed by atoms with van der Waals surface area (Å²) < 4.78 is 50.0. The van der Waals surface area contributed by atoms with Gasteiger partial charge in [0.2, 0.25) is 0 Å². The average molecular weight is 422 g/mol. The van der Waals surface area contributed by atoms with E-state index >= 15 is 0 Å². The fourth-order valence-corrected chi connectivity index (χ4v) is 3.98. The van der Waals surface area contributed by atoms with E-state index < -0.39 is 33.3 Å². The van der Waals surface area contributed by atoms with Gasteiger partial charge >= 0.3 is 5.97 Å². The van der Waals surface area contributed by atoms with Crippen molar-refractivity contribution < 1.29 is 27.1 Å². The van der Waals surface area contributed by atoms with Gasteiger partial charge in [-0.25, -0.2) is 12.8 Å². The number of halogens is 3. The topological polar surface area (TPSA) is 72.9 Å². The summed E-state index contributed by atoms with van der Waals surface area (Å²) in [6.45, 7) is -0.674. The third-order valence-corrected chi connectivity index (χ3v) is 5.98. The van der Waals surface area contributed by atoms with Crippen molar-refractivity contribution >= 4 is 44.9 Å². The number of carbonyl (C=O) groups excluding carboxylic acids is 1. The zero-order valence-corrected chi connectivity index (χ0v) is 16.0. The largest absolute Gasteiger partial charge is 0.494 e. The number of anilines is 1. The standard InChI is InChI=1S/C16H14Cl2FNO5S/c1-24-14-7-6-10(8-12(14)19)26(22,23)20(9-15(21)25-2)13-5-3-4-11(17)16(13)18/h3-8H,9H2,1-2H3. The quantitative estimate of drug-likeness (QED) is 0.667. The van der Waals surface area contributed by atoms with E-state index in [-0.39, 0.29) is 21.5 Å². The number of nitrogens with zero attached hydrogens (tertiary/aromatic N) is 1. The van der Waals surface area contributed by atoms with E-state index in [0.717, 1.165) is 25.3 Å². The lowest BCUT2D eigenvalue weighted by molar-refractivity contribution is -0.138. The van der Waals surface area contributed by atoms with Crippen LogP contribution in [0.4, 0.5) is 10.1 Å². The SMILES string of the molecule is COC(=O)CN(c1cccc(Cl)c1Cl)S(=O)(=O)c1ccc(OC)c(F)c1. The number of ether oxygens (including phenoxy) is 2. The van der Waals surface area contributed by atoms with E-state index in [4.69, 9.17) is 27.9 Å². The molecule has 0 saturated carbocycles. The number of hydrogen-bond acceptors (Lipinski definition) is 5. The Labute approximate surface area is 160 Å². The van der Waals surface area contributed by atoms with Crippen LogP contribution in [0.5, 0.6) is 5.75 Å². The van der Waals surface area contributed by atoms with Gasteiger partial charge in [-0.15, -0.1) is 0 Å². The van der Waals surface area contributed by atoms with E-state index in [0.29, 0.717) is 4.31 Å². The van der Waals surface area contributed by atoms with Crippen molar-refractivity contribution in [3.8, 4) is 5.75 Å². The maximum absolute atomic E-state index is 14.0. The average Bonchev–Trinajstić information content (AvgIpc) is 2.61. The number of methoxy groups -OCH3 is 2. The Morgan fingerprint density at radius 2 is 1.88 bits per heavy atom. The van der Waals surface area contributed by atoms with Gasteiger partial charge in [-0.05, 0) is 30.3 Å². The molecule has 0 unspecified atom stereocenters. The van der Waals surface area contributed by atoms with Gasteiger partial charge < -0.3 is 9.47 Å². The molecule has 0 N–H and O–H groups in total. The van der Waals surface area contributed by atoms with Crippen LogP contribution in [0.1, 0.15) is 0 Å². The molecule has 0 saturated heterocycles. The maximum Gasteiger partial charge on any atom is 0.326 e. The first kappa shape index (κ1) is 20.3. The molecule has 2 rings (SSSR count). The van der Waals surface area contributed by atoms with Gasteiger partial charge in [0.05, 0.1) is 34.8 Å². The molecule has 0 aliphatic heterocycles. The molecule has 2 aromatic rings. The molecule has 0 aliphatic carbocycles. The number of hydrogen-bond donors (Lipinski definition) is 0. The van der Waals surface area contributed by atoms with Crippen LogP contribution < -0.4 is 9.04 Å². The number of carbonyl (C=O) groups is 1. The summed E-state index contributed by atoms with van der Waals surface area (Å²) in [5, 5.41) is 0.0192. The van der Waals surface area contributed by atoms with Crippen LogP contribution in [0.15, 0.2) is 41.3 Å². The summed E-state index contributed by atoms with van der Waals surface area (Å²) in [6, 6.07) is 7.41. The van der Waals surface area contributed by atoms with Gasteiger partial charge in [0.25, 0.3) is 10.0 Å². The Kier molecular flexibility index (Phi) is 6.33. The van der Waals surface area contributed by atoms with Gasteiger partial charge in [-0.2, -0.15) is 0 Å². The van der Waals surface area contributed by atoms with Gasteiger partial charge in [0.15, 0.2) is 11.6 Å². The minimum Gasteiger partial charge on any atom is -0.494 e. The monoisotopic (exact) mass is 421 g/mol. The zero-order chi connectivity index (χ0) is 19.5. The van der Waals surface area contributed by atoms with Crippen LogP contribution in [0.2, 0.25) is 10.0 Å². The van der Waals surface area contributed by atoms with Crippen molar-refractivity contribution in [2.75, 3.05) is 25.1 Å². The molecule has 140 valence electrons. The molecule has 0 amide bonds. The predicted molar refractivity (Wildman–Crippen MR) is 96.0 cm³/mol. The number of rotatable bonds is 6. The predicted octanol–water partition coefficient (Wildman–Crippen LogP) is 3.51. The fraction of sp³-hybridized carbons (Fsp3) is 0.188. The van der Waals surface area contributed by atoms with Gasteiger partial charge in [0.1, 0.15) is 6.54 Å². The van der Waals surface area contributed by atoms with Crippen molar-refractivity contribution in [1.29, 1.82) is 0 Å². The lowest BCUT2D eigenvalue weighted by Crippen LogP contribution is -2.36. The van der Waals surface area contributed by atoms with E-state index in [9.17, 15) is 17.6 Å². The van der Waals surface area contributed by atoms with E-state index in [2.05, 4.69) is 4.74 Å². The summed E-state index contributed by atoms with van der Waals surface area (Å²) in [5.74, 6) is -1.83. The summed E-state index contributed by atoms with van der Waals surface area (Å²) >= 11 is 12.0. The van der Waals surface area contributed by atoms with Gasteiger partial charge in [-0.1, -0.05) is 29.3 Å². The molecular formula is C16H14Cl2FNO5S. The normalized spacial score (nSPS) is 11.1. The molecule has 0 atom stereocenters. The molecule has 26 heavy (non-hydrogen) atoms. The molecular weight excluding hydrogens is 408 g/mol. The molecule has 0 bridgehead atoms. The minimum absolute atomic E-state index is 0.0409. The maximum atomic E-state index is 14.0. The fourth-order valence-electron chi connectivity index (χ4n) is 2.10. The number of esters is 1. The minimum atomic E-state index is -4.35. The molecule has 6 nitrogen and oxygen atoms in total. The zero-order valence-electron chi connectivity index (χ0n) is 13.7. The summed E-state index contributed by atoms with van der Waals surface area (Å²) in [4.78, 5) is 11.3. The van der Waals surface area contributed by atoms with E-state index in [1.165, 1.54) is 25.3 Å². The second-order valence-corrected chi connectivity index (χ2v) is 7.60. The second-order valence-electron chi connectivity index (χ2n) is 4.96. The highest BCUT2D eigenvalue weighted by Gasteiger charge is 2.30. The highest BCUT2D eigenvalue weighted by Crippen LogP contribution is 2.35. The molecule has 2 aromatic carbocycles. The Morgan fingerprint density at radius 1 is 1.19 bits per heavy atom. The third kappa shape index (κ3) is 4.03. The molecule has 10 heteroatoms. The summed E-state index contributed by atoms with van der Waals surface area (Å²) in [5.41, 5.74) is -0.0409. The molecule has 0 heterocycles. The summed E-state index contributed by atoms with van der Waals surface area (Å²) in [6.07, 6.45) is 0.